The van der Waals surface area contributed by atoms with E-state index in [2.05, 4.69) is 17.4 Å². The van der Waals surface area contributed by atoms with Gasteiger partial charge in [-0.1, -0.05) is 24.3 Å². The number of hydrogen-bond donors (Lipinski definition) is 3. The smallest absolute Gasteiger partial charge is 0.337 e. The van der Waals surface area contributed by atoms with Gasteiger partial charge in [0.2, 0.25) is 0 Å². The molecule has 0 spiro atoms. The molecular formula is C17H18N2O2. The Morgan fingerprint density at radius 2 is 2.05 bits per heavy atom. The van der Waals surface area contributed by atoms with E-state index in [0.29, 0.717) is 11.4 Å². The number of anilines is 2. The van der Waals surface area contributed by atoms with Crippen molar-refractivity contribution < 1.29 is 9.90 Å². The number of nitrogen functional groups attached to an aromatic ring is 1. The van der Waals surface area contributed by atoms with Crippen LogP contribution in [0, 0.1) is 0 Å². The molecule has 0 fully saturated rings. The van der Waals surface area contributed by atoms with E-state index in [0.717, 1.165) is 19.3 Å². The molecule has 2 aromatic carbocycles. The normalized spacial score (nSPS) is 17.0. The highest BCUT2D eigenvalue weighted by Crippen LogP contribution is 2.33. The van der Waals surface area contributed by atoms with Gasteiger partial charge in [0.15, 0.2) is 0 Å². The number of fused-ring (bicyclic) bond motifs is 1. The van der Waals surface area contributed by atoms with Crippen LogP contribution in [0.5, 0.6) is 0 Å². The summed E-state index contributed by atoms with van der Waals surface area (Å²) >= 11 is 0. The van der Waals surface area contributed by atoms with Crippen LogP contribution in [-0.4, -0.2) is 11.1 Å². The maximum absolute atomic E-state index is 11.3. The van der Waals surface area contributed by atoms with Crippen molar-refractivity contribution in [3.63, 3.8) is 0 Å². The lowest BCUT2D eigenvalue weighted by Gasteiger charge is -2.28. The Bertz CT molecular complexity index is 682. The van der Waals surface area contributed by atoms with Crippen molar-refractivity contribution in [2.24, 2.45) is 0 Å². The largest absolute Gasteiger partial charge is 0.478 e. The number of carbonyl (C=O) groups is 1. The first-order valence-corrected chi connectivity index (χ1v) is 7.12. The highest BCUT2D eigenvalue weighted by molar-refractivity contribution is 5.95. The molecule has 0 saturated heterocycles. The third kappa shape index (κ3) is 2.70. The minimum absolute atomic E-state index is 0.134. The molecule has 0 saturated carbocycles. The molecule has 1 atom stereocenters. The fourth-order valence-electron chi connectivity index (χ4n) is 2.96. The fourth-order valence-corrected chi connectivity index (χ4v) is 2.96. The molecule has 0 aliphatic heterocycles. The second kappa shape index (κ2) is 5.48. The zero-order valence-electron chi connectivity index (χ0n) is 11.7. The number of carboxylic acid groups (broad SMARTS) is 1. The molecule has 2 aromatic rings. The van der Waals surface area contributed by atoms with Crippen molar-refractivity contribution in [2.45, 2.75) is 25.3 Å². The number of rotatable bonds is 3. The van der Waals surface area contributed by atoms with E-state index in [1.165, 1.54) is 11.1 Å². The molecule has 0 heterocycles. The van der Waals surface area contributed by atoms with Crippen LogP contribution in [0.25, 0.3) is 0 Å². The van der Waals surface area contributed by atoms with Gasteiger partial charge in [0.25, 0.3) is 0 Å². The second-order valence-corrected chi connectivity index (χ2v) is 5.40. The summed E-state index contributed by atoms with van der Waals surface area (Å²) in [7, 11) is 0. The van der Waals surface area contributed by atoms with Crippen molar-refractivity contribution in [1.82, 2.24) is 0 Å². The molecule has 4 heteroatoms. The van der Waals surface area contributed by atoms with E-state index in [1.54, 1.807) is 18.2 Å². The molecule has 0 aromatic heterocycles. The van der Waals surface area contributed by atoms with E-state index >= 15 is 0 Å². The Labute approximate surface area is 123 Å². The summed E-state index contributed by atoms with van der Waals surface area (Å²) < 4.78 is 0. The van der Waals surface area contributed by atoms with Crippen LogP contribution in [0.4, 0.5) is 11.4 Å². The van der Waals surface area contributed by atoms with E-state index in [9.17, 15) is 9.90 Å². The Balaban J connectivity index is 1.95. The first-order chi connectivity index (χ1) is 10.1. The lowest BCUT2D eigenvalue weighted by molar-refractivity contribution is 0.0698. The number of aryl methyl sites for hydroxylation is 1. The van der Waals surface area contributed by atoms with Crippen molar-refractivity contribution >= 4 is 17.3 Å². The zero-order valence-corrected chi connectivity index (χ0v) is 11.7. The number of hydrogen-bond acceptors (Lipinski definition) is 3. The summed E-state index contributed by atoms with van der Waals surface area (Å²) in [6, 6.07) is 13.3. The molecule has 1 aliphatic carbocycles. The van der Waals surface area contributed by atoms with Crippen LogP contribution in [0.15, 0.2) is 42.5 Å². The quantitative estimate of drug-likeness (QED) is 0.754. The van der Waals surface area contributed by atoms with E-state index < -0.39 is 5.97 Å². The molecule has 0 radical (unpaired) electrons. The zero-order chi connectivity index (χ0) is 14.8. The summed E-state index contributed by atoms with van der Waals surface area (Å²) in [5.41, 5.74) is 9.79. The molecule has 1 unspecified atom stereocenters. The second-order valence-electron chi connectivity index (χ2n) is 5.40. The van der Waals surface area contributed by atoms with E-state index in [4.69, 9.17) is 5.73 Å². The molecule has 0 amide bonds. The fraction of sp³-hybridized carbons (Fsp3) is 0.235. The van der Waals surface area contributed by atoms with Crippen molar-refractivity contribution in [3.8, 4) is 0 Å². The highest BCUT2D eigenvalue weighted by Gasteiger charge is 2.21. The summed E-state index contributed by atoms with van der Waals surface area (Å²) in [5.74, 6) is -0.943. The number of carboxylic acids is 1. The Morgan fingerprint density at radius 3 is 2.86 bits per heavy atom. The first-order valence-electron chi connectivity index (χ1n) is 7.12. The topological polar surface area (TPSA) is 75.4 Å². The number of aromatic carboxylic acids is 1. The first kappa shape index (κ1) is 13.5. The summed E-state index contributed by atoms with van der Waals surface area (Å²) in [4.78, 5) is 11.3. The standard InChI is InChI=1S/C17H18N2O2/c18-12-8-9-14(17(20)21)16(10-12)19-15-7-3-5-11-4-1-2-6-13(11)15/h1-2,4,6,8-10,15,19H,3,5,7,18H2,(H,20,21). The molecule has 0 bridgehead atoms. The van der Waals surface area contributed by atoms with Gasteiger partial charge >= 0.3 is 5.97 Å². The molecule has 108 valence electrons. The monoisotopic (exact) mass is 282 g/mol. The maximum atomic E-state index is 11.3. The third-order valence-corrected chi connectivity index (χ3v) is 3.97. The predicted octanol–water partition coefficient (Wildman–Crippen LogP) is 3.46. The number of nitrogens with one attached hydrogen (secondary N) is 1. The van der Waals surface area contributed by atoms with E-state index in [1.807, 2.05) is 12.1 Å². The van der Waals surface area contributed by atoms with Crippen LogP contribution < -0.4 is 11.1 Å². The van der Waals surface area contributed by atoms with Crippen molar-refractivity contribution in [2.75, 3.05) is 11.1 Å². The Morgan fingerprint density at radius 1 is 1.24 bits per heavy atom. The van der Waals surface area contributed by atoms with Crippen LogP contribution in [0.3, 0.4) is 0 Å². The third-order valence-electron chi connectivity index (χ3n) is 3.97. The molecule has 4 N–H and O–H groups in total. The predicted molar refractivity (Wildman–Crippen MR) is 83.6 cm³/mol. The van der Waals surface area contributed by atoms with Crippen LogP contribution in [-0.2, 0) is 6.42 Å². The van der Waals surface area contributed by atoms with Gasteiger partial charge in [0, 0.05) is 5.69 Å². The molecular weight excluding hydrogens is 264 g/mol. The van der Waals surface area contributed by atoms with Crippen LogP contribution >= 0.6 is 0 Å². The average Bonchev–Trinajstić information content (AvgIpc) is 2.47. The van der Waals surface area contributed by atoms with Gasteiger partial charge in [0.1, 0.15) is 0 Å². The van der Waals surface area contributed by atoms with Gasteiger partial charge in [-0.15, -0.1) is 0 Å². The van der Waals surface area contributed by atoms with Gasteiger partial charge in [-0.3, -0.25) is 0 Å². The molecule has 1 aliphatic rings. The van der Waals surface area contributed by atoms with Crippen molar-refractivity contribution in [1.29, 1.82) is 0 Å². The van der Waals surface area contributed by atoms with Gasteiger partial charge in [0.05, 0.1) is 17.3 Å². The van der Waals surface area contributed by atoms with Crippen LogP contribution in [0.1, 0.15) is 40.4 Å². The van der Waals surface area contributed by atoms with Gasteiger partial charge in [-0.2, -0.15) is 0 Å². The summed E-state index contributed by atoms with van der Waals surface area (Å²) in [6.45, 7) is 0. The SMILES string of the molecule is Nc1ccc(C(=O)O)c(NC2CCCc3ccccc32)c1. The molecule has 3 rings (SSSR count). The minimum atomic E-state index is -0.943. The number of nitrogens with two attached hydrogens (primary N) is 1. The van der Waals surface area contributed by atoms with Gasteiger partial charge < -0.3 is 16.2 Å². The summed E-state index contributed by atoms with van der Waals surface area (Å²) in [6.07, 6.45) is 3.17. The van der Waals surface area contributed by atoms with Gasteiger partial charge in [-0.25, -0.2) is 4.79 Å². The van der Waals surface area contributed by atoms with Crippen molar-refractivity contribution in [3.05, 3.63) is 59.2 Å². The van der Waals surface area contributed by atoms with Crippen LogP contribution in [0.2, 0.25) is 0 Å². The molecule has 4 nitrogen and oxygen atoms in total. The Hall–Kier alpha value is -2.49. The maximum Gasteiger partial charge on any atom is 0.337 e. The number of benzene rings is 2. The lowest BCUT2D eigenvalue weighted by atomic mass is 9.87. The van der Waals surface area contributed by atoms with E-state index in [-0.39, 0.29) is 11.6 Å². The average molecular weight is 282 g/mol. The summed E-state index contributed by atoms with van der Waals surface area (Å²) in [5, 5.41) is 12.7. The minimum Gasteiger partial charge on any atom is -0.478 e. The highest BCUT2D eigenvalue weighted by atomic mass is 16.4. The molecule has 21 heavy (non-hydrogen) atoms. The van der Waals surface area contributed by atoms with Gasteiger partial charge in [-0.05, 0) is 48.6 Å². The Kier molecular flexibility index (Phi) is 3.52. The lowest BCUT2D eigenvalue weighted by Crippen LogP contribution is -2.18.